The summed E-state index contributed by atoms with van der Waals surface area (Å²) in [5, 5.41) is 0.784. The minimum absolute atomic E-state index is 0.285. The number of carbonyl (C=O) groups is 1. The van der Waals surface area contributed by atoms with Gasteiger partial charge in [0.1, 0.15) is 17.9 Å². The Labute approximate surface area is 190 Å². The van der Waals surface area contributed by atoms with E-state index in [1.54, 1.807) is 37.5 Å². The van der Waals surface area contributed by atoms with E-state index in [0.717, 1.165) is 22.1 Å². The maximum atomic E-state index is 12.3. The van der Waals surface area contributed by atoms with Crippen LogP contribution in [0.3, 0.4) is 0 Å². The van der Waals surface area contributed by atoms with Crippen LogP contribution in [0.25, 0.3) is 17.0 Å². The average Bonchev–Trinajstić information content (AvgIpc) is 2.82. The van der Waals surface area contributed by atoms with Gasteiger partial charge in [0.05, 0.1) is 7.11 Å². The van der Waals surface area contributed by atoms with Crippen LogP contribution in [0.15, 0.2) is 88.1 Å². The van der Waals surface area contributed by atoms with Gasteiger partial charge < -0.3 is 18.6 Å². The van der Waals surface area contributed by atoms with Gasteiger partial charge in [-0.2, -0.15) is 0 Å². The number of hydrogen-bond acceptors (Lipinski definition) is 6. The fraction of sp³-hybridized carbons (Fsp3) is 0.111. The topological polar surface area (TPSA) is 75.0 Å². The molecule has 6 heteroatoms. The molecule has 0 aliphatic rings. The van der Waals surface area contributed by atoms with E-state index in [4.69, 9.17) is 18.6 Å². The number of methoxy groups -OCH3 is 1. The zero-order chi connectivity index (χ0) is 23.2. The molecule has 1 heterocycles. The number of rotatable bonds is 7. The highest BCUT2D eigenvalue weighted by atomic mass is 16.5. The number of hydrogen-bond donors (Lipinski definition) is 0. The second-order valence-corrected chi connectivity index (χ2v) is 7.35. The Morgan fingerprint density at radius 2 is 1.79 bits per heavy atom. The Morgan fingerprint density at radius 1 is 0.970 bits per heavy atom. The van der Waals surface area contributed by atoms with Crippen molar-refractivity contribution in [3.63, 3.8) is 0 Å². The number of ether oxygens (including phenoxy) is 3. The van der Waals surface area contributed by atoms with Gasteiger partial charge in [-0.15, -0.1) is 0 Å². The summed E-state index contributed by atoms with van der Waals surface area (Å²) in [6.07, 6.45) is 2.94. The van der Waals surface area contributed by atoms with Crippen molar-refractivity contribution in [3.05, 3.63) is 106 Å². The lowest BCUT2D eigenvalue weighted by atomic mass is 10.1. The Bertz CT molecular complexity index is 1370. The quantitative estimate of drug-likeness (QED) is 0.167. The lowest BCUT2D eigenvalue weighted by molar-refractivity contribution is -0.128. The predicted octanol–water partition coefficient (Wildman–Crippen LogP) is 5.31. The summed E-state index contributed by atoms with van der Waals surface area (Å²) in [6, 6.07) is 21.6. The standard InChI is InChI=1S/C27H22O6/c1-18-14-27(29)33-24-16-21(10-11-22(18)24)32-26(28)13-9-19-8-12-23(25(15-19)30-2)31-17-20-6-4-3-5-7-20/h3-16H,17H2,1-2H3/b13-9+. The first-order valence-electron chi connectivity index (χ1n) is 10.3. The zero-order valence-corrected chi connectivity index (χ0v) is 18.2. The summed E-state index contributed by atoms with van der Waals surface area (Å²) in [6.45, 7) is 2.24. The van der Waals surface area contributed by atoms with Crippen molar-refractivity contribution >= 4 is 23.0 Å². The van der Waals surface area contributed by atoms with Crippen molar-refractivity contribution in [2.45, 2.75) is 13.5 Å². The van der Waals surface area contributed by atoms with Gasteiger partial charge in [0.15, 0.2) is 11.5 Å². The predicted molar refractivity (Wildman–Crippen MR) is 126 cm³/mol. The van der Waals surface area contributed by atoms with Gasteiger partial charge in [-0.3, -0.25) is 0 Å². The molecular formula is C27H22O6. The SMILES string of the molecule is COc1cc(/C=C/C(=O)Oc2ccc3c(C)cc(=O)oc3c2)ccc1OCc1ccccc1. The fourth-order valence-electron chi connectivity index (χ4n) is 3.33. The molecule has 166 valence electrons. The lowest BCUT2D eigenvalue weighted by Gasteiger charge is -2.11. The molecule has 1 aromatic heterocycles. The monoisotopic (exact) mass is 442 g/mol. The summed E-state index contributed by atoms with van der Waals surface area (Å²) in [5.74, 6) is 0.885. The highest BCUT2D eigenvalue weighted by Gasteiger charge is 2.08. The van der Waals surface area contributed by atoms with Crippen LogP contribution in [0.4, 0.5) is 0 Å². The molecular weight excluding hydrogens is 420 g/mol. The molecule has 0 saturated heterocycles. The third kappa shape index (κ3) is 5.49. The van der Waals surface area contributed by atoms with Gasteiger partial charge in [-0.1, -0.05) is 36.4 Å². The molecule has 0 radical (unpaired) electrons. The summed E-state index contributed by atoms with van der Waals surface area (Å²) < 4.78 is 21.8. The fourth-order valence-corrected chi connectivity index (χ4v) is 3.33. The summed E-state index contributed by atoms with van der Waals surface area (Å²) in [4.78, 5) is 23.9. The van der Waals surface area contributed by atoms with Crippen molar-refractivity contribution in [2.75, 3.05) is 7.11 Å². The van der Waals surface area contributed by atoms with Gasteiger partial charge in [0, 0.05) is 23.6 Å². The Kier molecular flexibility index (Phi) is 6.55. The van der Waals surface area contributed by atoms with E-state index in [1.165, 1.54) is 18.2 Å². The molecule has 0 aliphatic carbocycles. The Morgan fingerprint density at radius 3 is 2.58 bits per heavy atom. The smallest absolute Gasteiger partial charge is 0.336 e. The first-order chi connectivity index (χ1) is 16.0. The maximum absolute atomic E-state index is 12.3. The number of esters is 1. The molecule has 0 aliphatic heterocycles. The minimum atomic E-state index is -0.562. The summed E-state index contributed by atoms with van der Waals surface area (Å²) >= 11 is 0. The van der Waals surface area contributed by atoms with E-state index in [9.17, 15) is 9.59 Å². The van der Waals surface area contributed by atoms with E-state index < -0.39 is 11.6 Å². The van der Waals surface area contributed by atoms with Crippen LogP contribution in [0.5, 0.6) is 17.2 Å². The van der Waals surface area contributed by atoms with Crippen LogP contribution in [0.2, 0.25) is 0 Å². The van der Waals surface area contributed by atoms with Gasteiger partial charge in [-0.05, 0) is 54.0 Å². The molecule has 0 unspecified atom stereocenters. The van der Waals surface area contributed by atoms with Crippen molar-refractivity contribution < 1.29 is 23.4 Å². The molecule has 0 spiro atoms. The van der Waals surface area contributed by atoms with Crippen LogP contribution in [-0.2, 0) is 11.4 Å². The van der Waals surface area contributed by atoms with Gasteiger partial charge >= 0.3 is 11.6 Å². The van der Waals surface area contributed by atoms with Crippen molar-refractivity contribution in [3.8, 4) is 17.2 Å². The molecule has 0 amide bonds. The second-order valence-electron chi connectivity index (χ2n) is 7.35. The van der Waals surface area contributed by atoms with Gasteiger partial charge in [0.2, 0.25) is 0 Å². The lowest BCUT2D eigenvalue weighted by Crippen LogP contribution is -2.04. The van der Waals surface area contributed by atoms with Gasteiger partial charge in [0.25, 0.3) is 0 Å². The largest absolute Gasteiger partial charge is 0.493 e. The van der Waals surface area contributed by atoms with Crippen molar-refractivity contribution in [2.24, 2.45) is 0 Å². The van der Waals surface area contributed by atoms with E-state index in [2.05, 4.69) is 0 Å². The molecule has 0 bridgehead atoms. The Hall–Kier alpha value is -4.32. The van der Waals surface area contributed by atoms with Crippen molar-refractivity contribution in [1.82, 2.24) is 0 Å². The van der Waals surface area contributed by atoms with Crippen molar-refractivity contribution in [1.29, 1.82) is 0 Å². The van der Waals surface area contributed by atoms with Crippen LogP contribution >= 0.6 is 0 Å². The minimum Gasteiger partial charge on any atom is -0.493 e. The number of aryl methyl sites for hydroxylation is 1. The summed E-state index contributed by atoms with van der Waals surface area (Å²) in [5.41, 5.74) is 2.51. The molecule has 4 aromatic rings. The third-order valence-corrected chi connectivity index (χ3v) is 4.98. The molecule has 33 heavy (non-hydrogen) atoms. The van der Waals surface area contributed by atoms with E-state index >= 15 is 0 Å². The van der Waals surface area contributed by atoms with Gasteiger partial charge in [-0.25, -0.2) is 9.59 Å². The number of carbonyl (C=O) groups excluding carboxylic acids is 1. The Balaban J connectivity index is 1.43. The second kappa shape index (κ2) is 9.87. The highest BCUT2D eigenvalue weighted by Crippen LogP contribution is 2.29. The highest BCUT2D eigenvalue weighted by molar-refractivity contribution is 5.89. The van der Waals surface area contributed by atoms with E-state index in [-0.39, 0.29) is 5.75 Å². The molecule has 6 nitrogen and oxygen atoms in total. The average molecular weight is 442 g/mol. The van der Waals surface area contributed by atoms with Crippen LogP contribution < -0.4 is 19.8 Å². The molecule has 0 atom stereocenters. The number of benzene rings is 3. The van der Waals surface area contributed by atoms with E-state index in [0.29, 0.717) is 23.7 Å². The molecule has 4 rings (SSSR count). The first-order valence-corrected chi connectivity index (χ1v) is 10.3. The molecule has 0 N–H and O–H groups in total. The molecule has 3 aromatic carbocycles. The first kappa shape index (κ1) is 21.9. The normalized spacial score (nSPS) is 11.0. The van der Waals surface area contributed by atoms with Crippen LogP contribution in [0.1, 0.15) is 16.7 Å². The summed E-state index contributed by atoms with van der Waals surface area (Å²) in [7, 11) is 1.56. The van der Waals surface area contributed by atoms with E-state index in [1.807, 2.05) is 43.3 Å². The van der Waals surface area contributed by atoms with Crippen LogP contribution in [-0.4, -0.2) is 13.1 Å². The molecule has 0 saturated carbocycles. The number of fused-ring (bicyclic) bond motifs is 1. The zero-order valence-electron chi connectivity index (χ0n) is 18.2. The maximum Gasteiger partial charge on any atom is 0.336 e. The molecule has 0 fully saturated rings. The van der Waals surface area contributed by atoms with Crippen LogP contribution in [0, 0.1) is 6.92 Å². The third-order valence-electron chi connectivity index (χ3n) is 4.98.